The molecule has 0 bridgehead atoms. The molecule has 3 rings (SSSR count). The Bertz CT molecular complexity index is 681. The van der Waals surface area contributed by atoms with E-state index in [9.17, 15) is 9.90 Å². The van der Waals surface area contributed by atoms with Crippen molar-refractivity contribution in [2.45, 2.75) is 12.5 Å². The second kappa shape index (κ2) is 7.59. The van der Waals surface area contributed by atoms with Crippen molar-refractivity contribution in [3.8, 4) is 0 Å². The minimum Gasteiger partial charge on any atom is -0.396 e. The fourth-order valence-electron chi connectivity index (χ4n) is 2.92. The molecule has 2 aromatic rings. The number of aromatic nitrogens is 2. The Labute approximate surface area is 145 Å². The molecule has 126 valence electrons. The van der Waals surface area contributed by atoms with Gasteiger partial charge in [-0.05, 0) is 23.8 Å². The fourth-order valence-corrected chi connectivity index (χ4v) is 3.05. The zero-order chi connectivity index (χ0) is 16.9. The highest BCUT2D eigenvalue weighted by atomic mass is 35.5. The average Bonchev–Trinajstić information content (AvgIpc) is 3.00. The highest BCUT2D eigenvalue weighted by molar-refractivity contribution is 6.30. The normalized spacial score (nSPS) is 20.2. The van der Waals surface area contributed by atoms with Crippen LogP contribution in [-0.4, -0.2) is 46.7 Å². The van der Waals surface area contributed by atoms with Gasteiger partial charge in [-0.15, -0.1) is 0 Å². The summed E-state index contributed by atoms with van der Waals surface area (Å²) in [5.41, 5.74) is 0.906. The predicted molar refractivity (Wildman–Crippen MR) is 91.9 cm³/mol. The SMILES string of the molecule is O=C(Cc1ccc(Cl)cc1)N[C@@H]1CN(c2ccncn2)C[C@H]1CO. The molecule has 0 spiro atoms. The first-order chi connectivity index (χ1) is 11.7. The number of aliphatic hydroxyl groups is 1. The maximum Gasteiger partial charge on any atom is 0.224 e. The lowest BCUT2D eigenvalue weighted by Gasteiger charge is -2.18. The van der Waals surface area contributed by atoms with Gasteiger partial charge >= 0.3 is 0 Å². The molecule has 7 heteroatoms. The third-order valence-corrected chi connectivity index (χ3v) is 4.44. The van der Waals surface area contributed by atoms with Crippen LogP contribution in [0.5, 0.6) is 0 Å². The van der Waals surface area contributed by atoms with E-state index in [0.29, 0.717) is 24.5 Å². The van der Waals surface area contributed by atoms with Gasteiger partial charge in [0.25, 0.3) is 0 Å². The number of carbonyl (C=O) groups excluding carboxylic acids is 1. The van der Waals surface area contributed by atoms with Gasteiger partial charge in [0.05, 0.1) is 12.5 Å². The maximum atomic E-state index is 12.3. The number of rotatable bonds is 5. The summed E-state index contributed by atoms with van der Waals surface area (Å²) in [4.78, 5) is 22.5. The molecular weight excluding hydrogens is 328 g/mol. The van der Waals surface area contributed by atoms with Crippen molar-refractivity contribution in [1.82, 2.24) is 15.3 Å². The van der Waals surface area contributed by atoms with E-state index in [-0.39, 0.29) is 24.5 Å². The Morgan fingerprint density at radius 1 is 1.29 bits per heavy atom. The van der Waals surface area contributed by atoms with Crippen LogP contribution in [0.1, 0.15) is 5.56 Å². The van der Waals surface area contributed by atoms with E-state index >= 15 is 0 Å². The monoisotopic (exact) mass is 346 g/mol. The molecule has 1 aliphatic heterocycles. The van der Waals surface area contributed by atoms with Crippen LogP contribution in [0.15, 0.2) is 42.9 Å². The van der Waals surface area contributed by atoms with Gasteiger partial charge in [-0.1, -0.05) is 23.7 Å². The lowest BCUT2D eigenvalue weighted by atomic mass is 10.0. The van der Waals surface area contributed by atoms with Crippen LogP contribution in [-0.2, 0) is 11.2 Å². The van der Waals surface area contributed by atoms with Crippen molar-refractivity contribution < 1.29 is 9.90 Å². The van der Waals surface area contributed by atoms with Gasteiger partial charge in [-0.3, -0.25) is 4.79 Å². The average molecular weight is 347 g/mol. The number of anilines is 1. The molecule has 0 saturated carbocycles. The van der Waals surface area contributed by atoms with Gasteiger partial charge in [0.1, 0.15) is 12.1 Å². The third-order valence-electron chi connectivity index (χ3n) is 4.19. The predicted octanol–water partition coefficient (Wildman–Crippen LogP) is 1.29. The largest absolute Gasteiger partial charge is 0.396 e. The molecule has 1 fully saturated rings. The molecule has 1 amide bonds. The van der Waals surface area contributed by atoms with E-state index in [1.165, 1.54) is 6.33 Å². The Hall–Kier alpha value is -2.18. The molecule has 2 N–H and O–H groups in total. The lowest BCUT2D eigenvalue weighted by molar-refractivity contribution is -0.121. The number of nitrogens with one attached hydrogen (secondary N) is 1. The second-order valence-electron chi connectivity index (χ2n) is 5.89. The minimum atomic E-state index is -0.107. The number of amides is 1. The van der Waals surface area contributed by atoms with Crippen LogP contribution in [0.4, 0.5) is 5.82 Å². The van der Waals surface area contributed by atoms with Crippen LogP contribution < -0.4 is 10.2 Å². The summed E-state index contributed by atoms with van der Waals surface area (Å²) in [6, 6.07) is 8.94. The number of halogens is 1. The number of nitrogens with zero attached hydrogens (tertiary/aromatic N) is 3. The first kappa shape index (κ1) is 16.7. The summed E-state index contributed by atoms with van der Waals surface area (Å²) in [5, 5.41) is 13.3. The highest BCUT2D eigenvalue weighted by Gasteiger charge is 2.33. The number of hydrogen-bond donors (Lipinski definition) is 2. The van der Waals surface area contributed by atoms with Crippen molar-refractivity contribution in [3.63, 3.8) is 0 Å². The first-order valence-electron chi connectivity index (χ1n) is 7.81. The van der Waals surface area contributed by atoms with Crippen LogP contribution >= 0.6 is 11.6 Å². The van der Waals surface area contributed by atoms with Crippen LogP contribution in [0, 0.1) is 5.92 Å². The van der Waals surface area contributed by atoms with Crippen molar-refractivity contribution >= 4 is 23.3 Å². The Kier molecular flexibility index (Phi) is 5.27. The van der Waals surface area contributed by atoms with Gasteiger partial charge in [0.15, 0.2) is 0 Å². The molecule has 1 saturated heterocycles. The molecule has 0 radical (unpaired) electrons. The minimum absolute atomic E-state index is 0.0193. The first-order valence-corrected chi connectivity index (χ1v) is 8.19. The summed E-state index contributed by atoms with van der Waals surface area (Å²) >= 11 is 5.85. The molecule has 1 aromatic heterocycles. The van der Waals surface area contributed by atoms with Gasteiger partial charge < -0.3 is 15.3 Å². The number of carbonyl (C=O) groups is 1. The van der Waals surface area contributed by atoms with Gasteiger partial charge in [0, 0.05) is 36.8 Å². The van der Waals surface area contributed by atoms with E-state index < -0.39 is 0 Å². The summed E-state index contributed by atoms with van der Waals surface area (Å²) in [5.74, 6) is 0.720. The number of hydrogen-bond acceptors (Lipinski definition) is 5. The van der Waals surface area contributed by atoms with E-state index in [0.717, 1.165) is 11.4 Å². The van der Waals surface area contributed by atoms with E-state index in [4.69, 9.17) is 11.6 Å². The Morgan fingerprint density at radius 3 is 2.75 bits per heavy atom. The molecule has 1 aliphatic rings. The Balaban J connectivity index is 1.61. The van der Waals surface area contributed by atoms with Gasteiger partial charge in [-0.25, -0.2) is 9.97 Å². The summed E-state index contributed by atoms with van der Waals surface area (Å²) < 4.78 is 0. The van der Waals surface area contributed by atoms with E-state index in [1.54, 1.807) is 18.3 Å². The topological polar surface area (TPSA) is 78.4 Å². The number of aliphatic hydroxyl groups excluding tert-OH is 1. The maximum absolute atomic E-state index is 12.3. The van der Waals surface area contributed by atoms with Gasteiger partial charge in [-0.2, -0.15) is 0 Å². The van der Waals surface area contributed by atoms with E-state index in [1.807, 2.05) is 18.2 Å². The molecular formula is C17H19ClN4O2. The van der Waals surface area contributed by atoms with Crippen LogP contribution in [0.3, 0.4) is 0 Å². The standard InChI is InChI=1S/C17H19ClN4O2/c18-14-3-1-12(2-4-14)7-17(24)21-15-9-22(8-13(15)10-23)16-5-6-19-11-20-16/h1-6,11,13,15,23H,7-10H2,(H,21,24)/t13-,15+/m0/s1. The zero-order valence-corrected chi connectivity index (χ0v) is 13.9. The fraction of sp³-hybridized carbons (Fsp3) is 0.353. The van der Waals surface area contributed by atoms with Gasteiger partial charge in [0.2, 0.25) is 5.91 Å². The molecule has 2 atom stereocenters. The summed E-state index contributed by atoms with van der Waals surface area (Å²) in [6.07, 6.45) is 3.47. The van der Waals surface area contributed by atoms with Crippen molar-refractivity contribution in [1.29, 1.82) is 0 Å². The molecule has 24 heavy (non-hydrogen) atoms. The molecule has 0 aliphatic carbocycles. The van der Waals surface area contributed by atoms with Crippen molar-refractivity contribution in [2.75, 3.05) is 24.6 Å². The highest BCUT2D eigenvalue weighted by Crippen LogP contribution is 2.22. The summed E-state index contributed by atoms with van der Waals surface area (Å²) in [7, 11) is 0. The molecule has 2 heterocycles. The Morgan fingerprint density at radius 2 is 2.08 bits per heavy atom. The third kappa shape index (κ3) is 4.01. The van der Waals surface area contributed by atoms with Crippen LogP contribution in [0.25, 0.3) is 0 Å². The number of benzene rings is 1. The second-order valence-corrected chi connectivity index (χ2v) is 6.33. The van der Waals surface area contributed by atoms with Crippen molar-refractivity contribution in [3.05, 3.63) is 53.4 Å². The van der Waals surface area contributed by atoms with Crippen LogP contribution in [0.2, 0.25) is 5.02 Å². The van der Waals surface area contributed by atoms with E-state index in [2.05, 4.69) is 20.2 Å². The molecule has 0 unspecified atom stereocenters. The molecule has 1 aromatic carbocycles. The quantitative estimate of drug-likeness (QED) is 0.853. The zero-order valence-electron chi connectivity index (χ0n) is 13.1. The summed E-state index contributed by atoms with van der Waals surface area (Å²) in [6.45, 7) is 1.29. The molecule has 6 nitrogen and oxygen atoms in total. The van der Waals surface area contributed by atoms with Crippen molar-refractivity contribution in [2.24, 2.45) is 5.92 Å². The smallest absolute Gasteiger partial charge is 0.224 e. The lowest BCUT2D eigenvalue weighted by Crippen LogP contribution is -2.42.